The highest BCUT2D eigenvalue weighted by molar-refractivity contribution is 5.97. The number of nitrogens with one attached hydrogen (secondary N) is 1. The van der Waals surface area contributed by atoms with Gasteiger partial charge in [-0.3, -0.25) is 14.5 Å². The number of hydrogen-bond acceptors (Lipinski definition) is 6. The Morgan fingerprint density at radius 3 is 2.42 bits per heavy atom. The van der Waals surface area contributed by atoms with Crippen LogP contribution in [0.2, 0.25) is 0 Å². The number of nitrogens with two attached hydrogens (primary N) is 1. The molecule has 1 heterocycles. The Labute approximate surface area is 152 Å². The van der Waals surface area contributed by atoms with Crippen LogP contribution >= 0.6 is 0 Å². The summed E-state index contributed by atoms with van der Waals surface area (Å²) in [6.45, 7) is 4.04. The zero-order valence-corrected chi connectivity index (χ0v) is 14.5. The smallest absolute Gasteiger partial charge is 0.307 e. The summed E-state index contributed by atoms with van der Waals surface area (Å²) in [5, 5.41) is 21.0. The van der Waals surface area contributed by atoms with Crippen LogP contribution in [0.5, 0.6) is 0 Å². The minimum absolute atomic E-state index is 0.0342. The van der Waals surface area contributed by atoms with E-state index < -0.39 is 5.97 Å². The number of aliphatic carboxylic acids is 1. The van der Waals surface area contributed by atoms with Crippen LogP contribution in [0.25, 0.3) is 0 Å². The molecule has 138 valence electrons. The average molecular weight is 357 g/mol. The van der Waals surface area contributed by atoms with E-state index in [4.69, 9.17) is 10.8 Å². The molecule has 1 aliphatic rings. The highest BCUT2D eigenvalue weighted by Crippen LogP contribution is 2.12. The molecule has 0 unspecified atom stereocenters. The maximum absolute atomic E-state index is 12.5. The van der Waals surface area contributed by atoms with Crippen molar-refractivity contribution in [3.63, 3.8) is 0 Å². The first-order valence-corrected chi connectivity index (χ1v) is 8.42. The van der Waals surface area contributed by atoms with Crippen LogP contribution in [-0.2, 0) is 16.0 Å². The molecule has 0 atom stereocenters. The summed E-state index contributed by atoms with van der Waals surface area (Å²) in [5.41, 5.74) is 6.93. The van der Waals surface area contributed by atoms with Gasteiger partial charge < -0.3 is 21.1 Å². The van der Waals surface area contributed by atoms with Crippen molar-refractivity contribution in [1.29, 1.82) is 5.26 Å². The van der Waals surface area contributed by atoms with Crippen molar-refractivity contribution in [2.75, 3.05) is 44.6 Å². The maximum Gasteiger partial charge on any atom is 0.307 e. The fourth-order valence-corrected chi connectivity index (χ4v) is 2.72. The highest BCUT2D eigenvalue weighted by Gasteiger charge is 2.23. The van der Waals surface area contributed by atoms with Crippen LogP contribution in [0.4, 0.5) is 5.69 Å². The number of carboxylic acids is 1. The summed E-state index contributed by atoms with van der Waals surface area (Å²) in [6.07, 6.45) is 1.34. The molecule has 8 heteroatoms. The normalized spacial score (nSPS) is 15.4. The fraction of sp³-hybridized carbons (Fsp3) is 0.389. The Bertz CT molecular complexity index is 701. The van der Waals surface area contributed by atoms with Crippen LogP contribution < -0.4 is 11.1 Å². The van der Waals surface area contributed by atoms with Gasteiger partial charge in [0, 0.05) is 51.2 Å². The summed E-state index contributed by atoms with van der Waals surface area (Å²) in [4.78, 5) is 27.0. The van der Waals surface area contributed by atoms with Gasteiger partial charge in [0.2, 0.25) is 0 Å². The number of nitriles is 1. The number of rotatable bonds is 7. The summed E-state index contributed by atoms with van der Waals surface area (Å²) in [5.74, 6) is -1.19. The van der Waals surface area contributed by atoms with E-state index in [2.05, 4.69) is 10.2 Å². The van der Waals surface area contributed by atoms with Gasteiger partial charge in [-0.1, -0.05) is 12.1 Å². The summed E-state index contributed by atoms with van der Waals surface area (Å²) in [7, 11) is 0. The summed E-state index contributed by atoms with van der Waals surface area (Å²) < 4.78 is 0. The molecule has 0 radical (unpaired) electrons. The lowest BCUT2D eigenvalue weighted by molar-refractivity contribution is -0.136. The Hall–Kier alpha value is -2.89. The van der Waals surface area contributed by atoms with Crippen molar-refractivity contribution in [2.24, 2.45) is 5.73 Å². The van der Waals surface area contributed by atoms with E-state index in [0.29, 0.717) is 30.9 Å². The van der Waals surface area contributed by atoms with Crippen LogP contribution in [0.15, 0.2) is 36.0 Å². The number of hydrogen-bond donors (Lipinski definition) is 3. The number of carbonyl (C=O) groups is 2. The first-order valence-electron chi connectivity index (χ1n) is 8.42. The quantitative estimate of drug-likeness (QED) is 0.472. The van der Waals surface area contributed by atoms with Gasteiger partial charge in [0.15, 0.2) is 0 Å². The van der Waals surface area contributed by atoms with Crippen molar-refractivity contribution in [1.82, 2.24) is 9.80 Å². The number of nitrogens with zero attached hydrogens (tertiary/aromatic N) is 3. The molecule has 1 aromatic carbocycles. The average Bonchev–Trinajstić information content (AvgIpc) is 2.64. The molecule has 0 spiro atoms. The Morgan fingerprint density at radius 1 is 1.23 bits per heavy atom. The molecule has 2 rings (SSSR count). The molecule has 4 N–H and O–H groups in total. The van der Waals surface area contributed by atoms with Crippen LogP contribution in [0.3, 0.4) is 0 Å². The zero-order chi connectivity index (χ0) is 18.9. The van der Waals surface area contributed by atoms with Crippen LogP contribution in [0, 0.1) is 11.3 Å². The van der Waals surface area contributed by atoms with Gasteiger partial charge in [-0.25, -0.2) is 0 Å². The monoisotopic (exact) mass is 357 g/mol. The van der Waals surface area contributed by atoms with Crippen molar-refractivity contribution in [3.05, 3.63) is 41.6 Å². The Morgan fingerprint density at radius 2 is 1.88 bits per heavy atom. The van der Waals surface area contributed by atoms with Crippen LogP contribution in [-0.4, -0.2) is 66.1 Å². The molecule has 0 aliphatic carbocycles. The van der Waals surface area contributed by atoms with Crippen molar-refractivity contribution in [2.45, 2.75) is 6.42 Å². The molecule has 1 aliphatic heterocycles. The van der Waals surface area contributed by atoms with Gasteiger partial charge in [-0.15, -0.1) is 0 Å². The molecule has 26 heavy (non-hydrogen) atoms. The summed E-state index contributed by atoms with van der Waals surface area (Å²) >= 11 is 0. The first kappa shape index (κ1) is 19.4. The van der Waals surface area contributed by atoms with Gasteiger partial charge in [-0.2, -0.15) is 5.26 Å². The molecule has 1 amide bonds. The number of carboxylic acid groups (broad SMARTS) is 1. The molecular weight excluding hydrogens is 334 g/mol. The topological polar surface area (TPSA) is 123 Å². The van der Waals surface area contributed by atoms with Gasteiger partial charge >= 0.3 is 5.97 Å². The van der Waals surface area contributed by atoms with E-state index in [0.717, 1.165) is 19.6 Å². The number of benzene rings is 1. The predicted octanol–water partition coefficient (Wildman–Crippen LogP) is 0.236. The van der Waals surface area contributed by atoms with E-state index in [-0.39, 0.29) is 17.9 Å². The number of anilines is 1. The van der Waals surface area contributed by atoms with E-state index in [1.54, 1.807) is 29.2 Å². The molecular formula is C18H23N5O3. The Kier molecular flexibility index (Phi) is 7.14. The largest absolute Gasteiger partial charge is 0.481 e. The van der Waals surface area contributed by atoms with Gasteiger partial charge in [0.05, 0.1) is 6.42 Å². The minimum atomic E-state index is -0.894. The van der Waals surface area contributed by atoms with E-state index in [1.165, 1.54) is 6.20 Å². The lowest BCUT2D eigenvalue weighted by Gasteiger charge is -2.34. The van der Waals surface area contributed by atoms with E-state index in [9.17, 15) is 14.9 Å². The minimum Gasteiger partial charge on any atom is -0.481 e. The number of piperazine rings is 1. The van der Waals surface area contributed by atoms with E-state index in [1.807, 2.05) is 6.07 Å². The number of amides is 1. The molecule has 1 aromatic rings. The second-order valence-corrected chi connectivity index (χ2v) is 6.00. The van der Waals surface area contributed by atoms with Crippen molar-refractivity contribution < 1.29 is 14.7 Å². The summed E-state index contributed by atoms with van der Waals surface area (Å²) in [6, 6.07) is 8.73. The highest BCUT2D eigenvalue weighted by atomic mass is 16.4. The van der Waals surface area contributed by atoms with Crippen molar-refractivity contribution >= 4 is 17.6 Å². The maximum atomic E-state index is 12.5. The first-order chi connectivity index (χ1) is 12.5. The van der Waals surface area contributed by atoms with Crippen LogP contribution in [0.1, 0.15) is 5.56 Å². The SMILES string of the molecule is N#C/C(=C/Nc1ccc(CC(=O)O)cc1)C(=O)N1CCN(CCN)CC1. The fourth-order valence-electron chi connectivity index (χ4n) is 2.72. The second-order valence-electron chi connectivity index (χ2n) is 6.00. The predicted molar refractivity (Wildman–Crippen MR) is 97.2 cm³/mol. The van der Waals surface area contributed by atoms with E-state index >= 15 is 0 Å². The second kappa shape index (κ2) is 9.56. The third-order valence-electron chi connectivity index (χ3n) is 4.15. The van der Waals surface area contributed by atoms with Gasteiger partial charge in [0.1, 0.15) is 11.6 Å². The zero-order valence-electron chi connectivity index (χ0n) is 14.5. The Balaban J connectivity index is 1.94. The molecule has 0 saturated carbocycles. The third-order valence-corrected chi connectivity index (χ3v) is 4.15. The van der Waals surface area contributed by atoms with Gasteiger partial charge in [-0.05, 0) is 17.7 Å². The molecule has 1 fully saturated rings. The lowest BCUT2D eigenvalue weighted by Crippen LogP contribution is -2.50. The third kappa shape index (κ3) is 5.58. The standard InChI is InChI=1S/C18H23N5O3/c19-5-6-22-7-9-23(10-8-22)18(26)15(12-20)13-21-16-3-1-14(2-4-16)11-17(24)25/h1-4,13,21H,5-11,19H2,(H,24,25)/b15-13-. The molecule has 8 nitrogen and oxygen atoms in total. The number of carbonyl (C=O) groups excluding carboxylic acids is 1. The molecule has 1 saturated heterocycles. The molecule has 0 aromatic heterocycles. The van der Waals surface area contributed by atoms with Crippen molar-refractivity contribution in [3.8, 4) is 6.07 Å². The molecule has 0 bridgehead atoms. The lowest BCUT2D eigenvalue weighted by atomic mass is 10.1. The van der Waals surface area contributed by atoms with Gasteiger partial charge in [0.25, 0.3) is 5.91 Å².